The minimum Gasteiger partial charge on any atom is -0.358 e. The molecule has 0 saturated heterocycles. The van der Waals surface area contributed by atoms with E-state index < -0.39 is 5.82 Å². The highest BCUT2D eigenvalue weighted by atomic mass is 19.1. The van der Waals surface area contributed by atoms with Crippen LogP contribution in [-0.4, -0.2) is 29.5 Å². The van der Waals surface area contributed by atoms with Gasteiger partial charge in [-0.15, -0.1) is 0 Å². The highest BCUT2D eigenvalue weighted by molar-refractivity contribution is 5.82. The van der Waals surface area contributed by atoms with Crippen molar-refractivity contribution in [3.8, 4) is 5.69 Å². The molecule has 1 atom stereocenters. The van der Waals surface area contributed by atoms with E-state index in [4.69, 9.17) is 4.98 Å². The predicted molar refractivity (Wildman–Crippen MR) is 120 cm³/mol. The minimum absolute atomic E-state index is 0.227. The molecule has 0 aliphatic heterocycles. The summed E-state index contributed by atoms with van der Waals surface area (Å²) in [4.78, 5) is 34.1. The number of aromatic nitrogens is 6. The molecule has 0 saturated carbocycles. The maximum absolute atomic E-state index is 13.9. The van der Waals surface area contributed by atoms with E-state index in [9.17, 15) is 9.18 Å². The summed E-state index contributed by atoms with van der Waals surface area (Å²) < 4.78 is 15.5. The fraction of sp³-hybridized carbons (Fsp3) is 0.174. The molecule has 1 unspecified atom stereocenters. The van der Waals surface area contributed by atoms with E-state index in [1.807, 2.05) is 38.1 Å². The lowest BCUT2D eigenvalue weighted by Gasteiger charge is -2.23. The third-order valence-electron chi connectivity index (χ3n) is 5.47. The number of nitrogens with zero attached hydrogens (tertiary/aromatic N) is 5. The van der Waals surface area contributed by atoms with Crippen LogP contribution >= 0.6 is 0 Å². The average Bonchev–Trinajstić information content (AvgIpc) is 3.28. The van der Waals surface area contributed by atoms with E-state index in [1.165, 1.54) is 24.5 Å². The molecule has 0 aliphatic carbocycles. The molecule has 5 aromatic rings. The Hall–Kier alpha value is -4.14. The Bertz CT molecular complexity index is 1510. The molecule has 0 fully saturated rings. The first-order valence-corrected chi connectivity index (χ1v) is 10.3. The maximum atomic E-state index is 13.9. The van der Waals surface area contributed by atoms with Crippen molar-refractivity contribution < 1.29 is 4.39 Å². The van der Waals surface area contributed by atoms with Gasteiger partial charge in [-0.05, 0) is 43.2 Å². The van der Waals surface area contributed by atoms with E-state index in [0.717, 1.165) is 5.56 Å². The zero-order valence-corrected chi connectivity index (χ0v) is 17.5. The lowest BCUT2D eigenvalue weighted by Crippen LogP contribution is -2.29. The van der Waals surface area contributed by atoms with E-state index in [2.05, 4.69) is 25.3 Å². The second-order valence-electron chi connectivity index (χ2n) is 7.49. The number of H-pyrrole nitrogens is 1. The molecular formula is C23H20FN7O. The Kier molecular flexibility index (Phi) is 4.85. The van der Waals surface area contributed by atoms with Gasteiger partial charge in [0.25, 0.3) is 5.56 Å². The van der Waals surface area contributed by atoms with Gasteiger partial charge in [0.1, 0.15) is 23.5 Å². The van der Waals surface area contributed by atoms with Gasteiger partial charge >= 0.3 is 0 Å². The second-order valence-corrected chi connectivity index (χ2v) is 7.49. The van der Waals surface area contributed by atoms with Crippen LogP contribution in [0.2, 0.25) is 0 Å². The zero-order chi connectivity index (χ0) is 22.2. The Labute approximate surface area is 182 Å². The molecule has 0 radical (unpaired) electrons. The van der Waals surface area contributed by atoms with E-state index in [-0.39, 0.29) is 17.0 Å². The summed E-state index contributed by atoms with van der Waals surface area (Å²) in [6.07, 6.45) is 3.60. The summed E-state index contributed by atoms with van der Waals surface area (Å²) in [6.45, 7) is 3.92. The largest absolute Gasteiger partial charge is 0.358 e. The van der Waals surface area contributed by atoms with E-state index in [1.54, 1.807) is 10.9 Å². The summed E-state index contributed by atoms with van der Waals surface area (Å²) in [5.74, 6) is 0.592. The number of para-hydroxylation sites is 1. The van der Waals surface area contributed by atoms with Gasteiger partial charge in [-0.2, -0.15) is 0 Å². The summed E-state index contributed by atoms with van der Waals surface area (Å²) in [7, 11) is 0. The number of anilines is 1. The molecule has 2 N–H and O–H groups in total. The number of imidazole rings is 1. The highest BCUT2D eigenvalue weighted by Crippen LogP contribution is 2.27. The molecule has 3 aromatic heterocycles. The second kappa shape index (κ2) is 7.84. The van der Waals surface area contributed by atoms with Crippen LogP contribution in [-0.2, 0) is 0 Å². The van der Waals surface area contributed by atoms with Crippen LogP contribution in [0.25, 0.3) is 27.8 Å². The summed E-state index contributed by atoms with van der Waals surface area (Å²) >= 11 is 0. The number of benzene rings is 2. The number of aromatic amines is 1. The Balaban J connectivity index is 1.75. The molecular weight excluding hydrogens is 409 g/mol. The third-order valence-corrected chi connectivity index (χ3v) is 5.47. The molecule has 0 bridgehead atoms. The molecule has 8 nitrogen and oxygen atoms in total. The highest BCUT2D eigenvalue weighted by Gasteiger charge is 2.22. The first-order chi connectivity index (χ1) is 15.6. The normalized spacial score (nSPS) is 12.3. The number of hydrogen-bond acceptors (Lipinski definition) is 6. The Morgan fingerprint density at radius 2 is 2.00 bits per heavy atom. The Morgan fingerprint density at radius 3 is 2.81 bits per heavy atom. The van der Waals surface area contributed by atoms with Crippen molar-refractivity contribution in [1.29, 1.82) is 0 Å². The van der Waals surface area contributed by atoms with Crippen molar-refractivity contribution in [2.45, 2.75) is 26.3 Å². The molecule has 0 amide bonds. The minimum atomic E-state index is -0.478. The first kappa shape index (κ1) is 19.8. The van der Waals surface area contributed by atoms with Crippen LogP contribution in [0.4, 0.5) is 10.2 Å². The fourth-order valence-electron chi connectivity index (χ4n) is 3.84. The predicted octanol–water partition coefficient (Wildman–Crippen LogP) is 4.06. The van der Waals surface area contributed by atoms with Crippen LogP contribution in [0.5, 0.6) is 0 Å². The molecule has 0 spiro atoms. The van der Waals surface area contributed by atoms with Crippen molar-refractivity contribution in [3.63, 3.8) is 0 Å². The first-order valence-electron chi connectivity index (χ1n) is 10.3. The van der Waals surface area contributed by atoms with Crippen molar-refractivity contribution in [3.05, 3.63) is 82.7 Å². The maximum Gasteiger partial charge on any atom is 0.266 e. The fourth-order valence-corrected chi connectivity index (χ4v) is 3.84. The number of aryl methyl sites for hydroxylation is 1. The molecule has 32 heavy (non-hydrogen) atoms. The van der Waals surface area contributed by atoms with Crippen molar-refractivity contribution in [2.75, 3.05) is 5.32 Å². The average molecular weight is 429 g/mol. The van der Waals surface area contributed by atoms with Crippen molar-refractivity contribution in [1.82, 2.24) is 29.5 Å². The number of fused-ring (bicyclic) bond motifs is 2. The van der Waals surface area contributed by atoms with Crippen molar-refractivity contribution in [2.24, 2.45) is 0 Å². The van der Waals surface area contributed by atoms with Crippen LogP contribution in [0, 0.1) is 12.7 Å². The Morgan fingerprint density at radius 1 is 1.16 bits per heavy atom. The number of halogens is 1. The van der Waals surface area contributed by atoms with Gasteiger partial charge in [0.2, 0.25) is 0 Å². The van der Waals surface area contributed by atoms with E-state index in [0.29, 0.717) is 40.4 Å². The van der Waals surface area contributed by atoms with Gasteiger partial charge in [-0.25, -0.2) is 24.3 Å². The standard InChI is InChI=1S/C23H20FN7O/c1-3-16(29-21-19-20(26-11-25-19)27-12-28-21)22-30-17-9-8-14(24)10-15(17)23(32)31(22)18-7-5-4-6-13(18)2/h4-12,16H,3H2,1-2H3,(H2,25,26,27,28,29). The van der Waals surface area contributed by atoms with Crippen LogP contribution in [0.1, 0.15) is 30.8 Å². The van der Waals surface area contributed by atoms with Crippen LogP contribution in [0.15, 0.2) is 59.9 Å². The van der Waals surface area contributed by atoms with Crippen molar-refractivity contribution >= 4 is 27.9 Å². The molecule has 5 rings (SSSR count). The quantitative estimate of drug-likeness (QED) is 0.437. The summed E-state index contributed by atoms with van der Waals surface area (Å²) in [5.41, 5.74) is 2.91. The summed E-state index contributed by atoms with van der Waals surface area (Å²) in [6, 6.07) is 11.3. The topological polar surface area (TPSA) is 101 Å². The van der Waals surface area contributed by atoms with Gasteiger partial charge in [0.05, 0.1) is 29.0 Å². The number of nitrogens with one attached hydrogen (secondary N) is 2. The molecule has 0 aliphatic rings. The SMILES string of the molecule is CCC(Nc1ncnc2nc[nH]c12)c1nc2ccc(F)cc2c(=O)n1-c1ccccc1C. The van der Waals surface area contributed by atoms with Gasteiger partial charge in [0.15, 0.2) is 11.5 Å². The molecule has 160 valence electrons. The lowest BCUT2D eigenvalue weighted by molar-refractivity contribution is 0.628. The summed E-state index contributed by atoms with van der Waals surface area (Å²) in [5, 5.41) is 3.62. The third kappa shape index (κ3) is 3.27. The monoisotopic (exact) mass is 429 g/mol. The lowest BCUT2D eigenvalue weighted by atomic mass is 10.1. The van der Waals surface area contributed by atoms with Gasteiger partial charge < -0.3 is 10.3 Å². The smallest absolute Gasteiger partial charge is 0.266 e. The van der Waals surface area contributed by atoms with Crippen LogP contribution < -0.4 is 10.9 Å². The van der Waals surface area contributed by atoms with Gasteiger partial charge in [-0.1, -0.05) is 25.1 Å². The molecule has 9 heteroatoms. The van der Waals surface area contributed by atoms with Gasteiger partial charge in [-0.3, -0.25) is 9.36 Å². The van der Waals surface area contributed by atoms with Gasteiger partial charge in [0, 0.05) is 0 Å². The number of rotatable bonds is 5. The van der Waals surface area contributed by atoms with E-state index >= 15 is 0 Å². The number of hydrogen-bond donors (Lipinski definition) is 2. The zero-order valence-electron chi connectivity index (χ0n) is 17.5. The molecule has 2 aromatic carbocycles. The molecule has 3 heterocycles. The van der Waals surface area contributed by atoms with Crippen LogP contribution in [0.3, 0.4) is 0 Å².